The van der Waals surface area contributed by atoms with Gasteiger partial charge in [-0.25, -0.2) is 19.6 Å². The Hall–Kier alpha value is -9.69. The van der Waals surface area contributed by atoms with Gasteiger partial charge in [0.2, 0.25) is 0 Å². The number of oxime groups is 1. The first kappa shape index (κ1) is 54.9. The molecule has 7 aromatic carbocycles. The zero-order valence-corrected chi connectivity index (χ0v) is 47.3. The number of thioether (sulfide) groups is 2. The number of nitrogen functional groups attached to an aromatic ring is 1. The van der Waals surface area contributed by atoms with E-state index in [1.54, 1.807) is 13.0 Å². The molecule has 4 N–H and O–H groups in total. The van der Waals surface area contributed by atoms with Gasteiger partial charge in [-0.15, -0.1) is 28.6 Å². The first-order chi connectivity index (χ1) is 41.1. The minimum Gasteiger partial charge on any atom is -0.448 e. The summed E-state index contributed by atoms with van der Waals surface area (Å²) >= 11 is 3.80. The largest absolute Gasteiger partial charge is 0.448 e. The summed E-state index contributed by atoms with van der Waals surface area (Å²) in [7, 11) is 0. The van der Waals surface area contributed by atoms with Crippen molar-refractivity contribution in [1.29, 1.82) is 0 Å². The first-order valence-electron chi connectivity index (χ1n) is 26.7. The third-order valence-electron chi connectivity index (χ3n) is 14.5. The van der Waals surface area contributed by atoms with Crippen LogP contribution in [0.3, 0.4) is 0 Å². The Balaban J connectivity index is 0.848. The number of ether oxygens (including phenoxy) is 2. The Kier molecular flexibility index (Phi) is 15.7. The average molecular weight is 1170 g/mol. The number of fused-ring (bicyclic) bond motifs is 2. The van der Waals surface area contributed by atoms with Gasteiger partial charge in [-0.1, -0.05) is 229 Å². The van der Waals surface area contributed by atoms with Crippen molar-refractivity contribution in [3.05, 3.63) is 291 Å². The number of hydrogen-bond acceptors (Lipinski definition) is 16. The lowest BCUT2D eigenvalue weighted by Gasteiger charge is -2.49. The van der Waals surface area contributed by atoms with Gasteiger partial charge in [0, 0.05) is 17.2 Å². The van der Waals surface area contributed by atoms with Crippen molar-refractivity contribution >= 4 is 75.1 Å². The van der Waals surface area contributed by atoms with E-state index in [1.807, 2.05) is 212 Å². The minimum absolute atomic E-state index is 0.0138. The van der Waals surface area contributed by atoms with Gasteiger partial charge in [-0.05, 0) is 57.5 Å². The predicted molar refractivity (Wildman–Crippen MR) is 322 cm³/mol. The summed E-state index contributed by atoms with van der Waals surface area (Å²) < 4.78 is 14.0. The number of aromatic nitrogens is 5. The Morgan fingerprint density at radius 2 is 1.15 bits per heavy atom. The van der Waals surface area contributed by atoms with Crippen LogP contribution in [0.15, 0.2) is 240 Å². The molecule has 2 aliphatic heterocycles. The molecule has 2 atom stereocenters. The van der Waals surface area contributed by atoms with E-state index in [1.165, 1.54) is 32.9 Å². The maximum absolute atomic E-state index is 15.1. The second-order valence-electron chi connectivity index (χ2n) is 19.7. The molecule has 0 unspecified atom stereocenters. The number of nitrogens with two attached hydrogens (primary N) is 1. The number of anilines is 1. The van der Waals surface area contributed by atoms with Gasteiger partial charge in [0.25, 0.3) is 23.4 Å². The number of rotatable bonds is 18. The summed E-state index contributed by atoms with van der Waals surface area (Å²) in [5.41, 5.74) is 11.9. The smallest absolute Gasteiger partial charge is 0.379 e. The van der Waals surface area contributed by atoms with Crippen LogP contribution < -0.4 is 11.1 Å². The summed E-state index contributed by atoms with van der Waals surface area (Å²) in [5.74, 6) is -2.70. The molecule has 0 spiro atoms. The van der Waals surface area contributed by atoms with E-state index in [9.17, 15) is 19.6 Å². The van der Waals surface area contributed by atoms with Gasteiger partial charge in [-0.3, -0.25) is 14.5 Å². The molecule has 2 amide bonds. The van der Waals surface area contributed by atoms with Crippen LogP contribution in [0.1, 0.15) is 78.2 Å². The van der Waals surface area contributed by atoms with Gasteiger partial charge in [0.05, 0.1) is 5.41 Å². The molecule has 0 aliphatic carbocycles. The number of carbonyl (C=O) groups is 4. The molecule has 16 nitrogen and oxygen atoms in total. The molecule has 0 saturated carbocycles. The van der Waals surface area contributed by atoms with E-state index in [0.717, 1.165) is 39.2 Å². The number of thiazole rings is 1. The SMILES string of the molecule is Cc1cc(SCC2=C(C(=O)OC(c3ccccc3)c3ccccc3)N3C(=O)[C@@H](NC(=O)/C(=N\O)c4nc(C(c5ccccc5)(c5ccccc5)c5ccccc5)sc4N)[C@H]3SC2)n2nc(C(=O)OC(c3ccccc3)c3ccccc3)nc2n1. The molecule has 416 valence electrons. The number of nitrogens with zero attached hydrogens (tertiary/aromatic N) is 7. The highest BCUT2D eigenvalue weighted by molar-refractivity contribution is 8.01. The number of hydrogen-bond donors (Lipinski definition) is 3. The number of aryl methyl sites for hydroxylation is 1. The number of β-lactam (4-membered cyclic amide) rings is 1. The number of esters is 2. The highest BCUT2D eigenvalue weighted by atomic mass is 32.2. The van der Waals surface area contributed by atoms with Crippen molar-refractivity contribution in [3.63, 3.8) is 0 Å². The van der Waals surface area contributed by atoms with Crippen LogP contribution >= 0.6 is 34.9 Å². The van der Waals surface area contributed by atoms with E-state index in [4.69, 9.17) is 20.2 Å². The van der Waals surface area contributed by atoms with Crippen LogP contribution in [-0.2, 0) is 29.3 Å². The Labute approximate surface area is 495 Å². The van der Waals surface area contributed by atoms with Gasteiger partial charge in [0.1, 0.15) is 37.8 Å². The number of carbonyl (C=O) groups excluding carboxylic acids is 4. The molecule has 12 rings (SSSR count). The topological polar surface area (TPSA) is 217 Å². The van der Waals surface area contributed by atoms with E-state index >= 15 is 4.79 Å². The fourth-order valence-electron chi connectivity index (χ4n) is 10.6. The number of amides is 2. The summed E-state index contributed by atoms with van der Waals surface area (Å²) in [6.45, 7) is 1.79. The monoisotopic (exact) mass is 1170 g/mol. The van der Waals surface area contributed by atoms with Crippen LogP contribution in [0.5, 0.6) is 0 Å². The van der Waals surface area contributed by atoms with Crippen LogP contribution in [0.25, 0.3) is 5.78 Å². The predicted octanol–water partition coefficient (Wildman–Crippen LogP) is 10.8. The quantitative estimate of drug-likeness (QED) is 0.0106. The second-order valence-corrected chi connectivity index (χ2v) is 22.9. The molecule has 5 heterocycles. The Morgan fingerprint density at radius 1 is 0.690 bits per heavy atom. The molecule has 0 bridgehead atoms. The molecule has 1 fully saturated rings. The maximum atomic E-state index is 15.1. The Bertz CT molecular complexity index is 3930. The summed E-state index contributed by atoms with van der Waals surface area (Å²) in [5, 5.41) is 21.9. The van der Waals surface area contributed by atoms with E-state index < -0.39 is 58.5 Å². The van der Waals surface area contributed by atoms with Gasteiger partial charge in [-0.2, -0.15) is 9.50 Å². The molecule has 2 aliphatic rings. The van der Waals surface area contributed by atoms with Crippen LogP contribution in [0.2, 0.25) is 0 Å². The van der Waals surface area contributed by atoms with E-state index in [0.29, 0.717) is 32.4 Å². The van der Waals surface area contributed by atoms with Gasteiger partial charge in [0.15, 0.2) is 17.9 Å². The van der Waals surface area contributed by atoms with E-state index in [-0.39, 0.29) is 39.5 Å². The van der Waals surface area contributed by atoms with Crippen molar-refractivity contribution in [2.45, 2.75) is 41.0 Å². The van der Waals surface area contributed by atoms with Gasteiger partial charge >= 0.3 is 11.9 Å². The van der Waals surface area contributed by atoms with Crippen molar-refractivity contribution in [2.24, 2.45) is 5.16 Å². The molecule has 3 aromatic heterocycles. The molecular weight excluding hydrogens is 1110 g/mol. The highest BCUT2D eigenvalue weighted by Crippen LogP contribution is 2.48. The van der Waals surface area contributed by atoms with Crippen molar-refractivity contribution in [2.75, 3.05) is 17.2 Å². The highest BCUT2D eigenvalue weighted by Gasteiger charge is 2.55. The summed E-state index contributed by atoms with van der Waals surface area (Å²) in [6.07, 6.45) is -1.60. The lowest BCUT2D eigenvalue weighted by Crippen LogP contribution is -2.71. The Morgan fingerprint density at radius 3 is 1.63 bits per heavy atom. The minimum atomic E-state index is -1.18. The molecule has 10 aromatic rings. The molecule has 19 heteroatoms. The summed E-state index contributed by atoms with van der Waals surface area (Å²) in [6, 6.07) is 67.5. The normalized spacial score (nSPS) is 15.2. The van der Waals surface area contributed by atoms with Crippen LogP contribution in [0, 0.1) is 6.92 Å². The fourth-order valence-corrected chi connectivity index (χ4v) is 14.2. The lowest BCUT2D eigenvalue weighted by molar-refractivity contribution is -0.154. The number of benzene rings is 7. The third-order valence-corrected chi connectivity index (χ3v) is 17.9. The number of nitrogens with one attached hydrogen (secondary N) is 1. The molecular formula is C65H51N9O7S3. The average Bonchev–Trinajstić information content (AvgIpc) is 1.81. The molecule has 84 heavy (non-hydrogen) atoms. The lowest BCUT2D eigenvalue weighted by atomic mass is 9.70. The molecule has 0 radical (unpaired) electrons. The van der Waals surface area contributed by atoms with Crippen molar-refractivity contribution in [3.8, 4) is 0 Å². The van der Waals surface area contributed by atoms with Gasteiger partial charge < -0.3 is 25.7 Å². The summed E-state index contributed by atoms with van der Waals surface area (Å²) in [4.78, 5) is 73.9. The van der Waals surface area contributed by atoms with Crippen molar-refractivity contribution < 1.29 is 33.9 Å². The fraction of sp³-hybridized carbons (Fsp3) is 0.123. The first-order valence-corrected chi connectivity index (χ1v) is 29.6. The zero-order valence-electron chi connectivity index (χ0n) is 44.8. The standard InChI is InChI=1S/C65H51N9O7S3/c1-40-37-49(74-64(67-40)70-57(71-74)62(78)81-55(43-27-13-4-14-28-43)44-29-15-5-16-30-44)82-38-45-39-83-60-52(59(76)73(60)53(45)61(77)80-54(41-23-9-2-10-24-41)42-25-11-3-12-26-42)68-58(75)51(72-79)50-56(66)84-63(69-50)65(46-31-17-6-18-32-46,47-33-19-7-20-34-47)48-35-21-8-22-36-48/h2-37,52,54-55,60,79H,38-39,66H2,1H3,(H,68,75)/b72-51-/t52-,60-/m1/s1. The van der Waals surface area contributed by atoms with Crippen LogP contribution in [0.4, 0.5) is 5.00 Å². The van der Waals surface area contributed by atoms with Crippen LogP contribution in [-0.4, -0.2) is 87.1 Å². The molecule has 1 saturated heterocycles. The zero-order chi connectivity index (χ0) is 57.7. The van der Waals surface area contributed by atoms with Crippen molar-refractivity contribution in [1.82, 2.24) is 34.8 Å². The second kappa shape index (κ2) is 24.0. The van der Waals surface area contributed by atoms with E-state index in [2.05, 4.69) is 25.5 Å². The maximum Gasteiger partial charge on any atom is 0.379 e. The third kappa shape index (κ3) is 10.6.